The average Bonchev–Trinajstić information content (AvgIpc) is 2.97. The van der Waals surface area contributed by atoms with Crippen LogP contribution in [0.1, 0.15) is 19.7 Å². The van der Waals surface area contributed by atoms with Crippen LogP contribution in [0.15, 0.2) is 34.1 Å². The standard InChI is InChI=1S/C13H17N3OS/c1-4-16(8-10(2)3)9-12-14-15-13(17-12)11-6-5-7-18-11/h5-7H,2,4,8-9H2,1,3H3. The topological polar surface area (TPSA) is 42.2 Å². The van der Waals surface area contributed by atoms with E-state index in [0.717, 1.165) is 23.5 Å². The summed E-state index contributed by atoms with van der Waals surface area (Å²) >= 11 is 1.60. The molecule has 2 rings (SSSR count). The largest absolute Gasteiger partial charge is 0.419 e. The molecule has 5 heteroatoms. The van der Waals surface area contributed by atoms with Gasteiger partial charge in [0.25, 0.3) is 5.89 Å². The van der Waals surface area contributed by atoms with Gasteiger partial charge < -0.3 is 4.42 Å². The number of likely N-dealkylation sites (N-methyl/N-ethyl adjacent to an activating group) is 1. The van der Waals surface area contributed by atoms with Crippen LogP contribution >= 0.6 is 11.3 Å². The highest BCUT2D eigenvalue weighted by Crippen LogP contribution is 2.23. The molecule has 96 valence electrons. The molecule has 0 unspecified atom stereocenters. The molecule has 0 aliphatic heterocycles. The van der Waals surface area contributed by atoms with Crippen LogP contribution in [0, 0.1) is 0 Å². The summed E-state index contributed by atoms with van der Waals surface area (Å²) in [7, 11) is 0. The Morgan fingerprint density at radius 3 is 2.94 bits per heavy atom. The molecule has 2 heterocycles. The van der Waals surface area contributed by atoms with Gasteiger partial charge in [0.15, 0.2) is 0 Å². The van der Waals surface area contributed by atoms with Crippen molar-refractivity contribution in [3.05, 3.63) is 35.6 Å². The maximum atomic E-state index is 5.66. The molecule has 0 N–H and O–H groups in total. The fourth-order valence-corrected chi connectivity index (χ4v) is 2.31. The zero-order valence-electron chi connectivity index (χ0n) is 10.7. The highest BCUT2D eigenvalue weighted by molar-refractivity contribution is 7.13. The molecule has 4 nitrogen and oxygen atoms in total. The van der Waals surface area contributed by atoms with E-state index in [2.05, 4.69) is 28.6 Å². The Kier molecular flexibility index (Phi) is 4.28. The molecule has 0 aliphatic carbocycles. The van der Waals surface area contributed by atoms with Gasteiger partial charge in [-0.25, -0.2) is 0 Å². The SMILES string of the molecule is C=C(C)CN(CC)Cc1nnc(-c2cccs2)o1. The number of rotatable bonds is 6. The second-order valence-corrected chi connectivity index (χ2v) is 5.19. The molecule has 0 saturated carbocycles. The van der Waals surface area contributed by atoms with Crippen molar-refractivity contribution in [3.8, 4) is 10.8 Å². The molecule has 0 amide bonds. The lowest BCUT2D eigenvalue weighted by atomic mass is 10.3. The third kappa shape index (κ3) is 3.27. The van der Waals surface area contributed by atoms with Crippen LogP contribution in [-0.2, 0) is 6.54 Å². The van der Waals surface area contributed by atoms with Gasteiger partial charge in [-0.05, 0) is 24.9 Å². The summed E-state index contributed by atoms with van der Waals surface area (Å²) in [5.74, 6) is 1.26. The second kappa shape index (κ2) is 5.93. The van der Waals surface area contributed by atoms with E-state index in [1.165, 1.54) is 0 Å². The maximum absolute atomic E-state index is 5.66. The summed E-state index contributed by atoms with van der Waals surface area (Å²) in [6, 6.07) is 3.96. The Morgan fingerprint density at radius 1 is 1.50 bits per heavy atom. The van der Waals surface area contributed by atoms with E-state index in [-0.39, 0.29) is 0 Å². The van der Waals surface area contributed by atoms with E-state index < -0.39 is 0 Å². The van der Waals surface area contributed by atoms with Crippen LogP contribution in [-0.4, -0.2) is 28.2 Å². The smallest absolute Gasteiger partial charge is 0.257 e. The van der Waals surface area contributed by atoms with Crippen LogP contribution in [0.5, 0.6) is 0 Å². The van der Waals surface area contributed by atoms with Gasteiger partial charge in [0.2, 0.25) is 5.89 Å². The predicted octanol–water partition coefficient (Wildman–Crippen LogP) is 3.20. The molecule has 2 aromatic heterocycles. The molecular weight excluding hydrogens is 246 g/mol. The van der Waals surface area contributed by atoms with Gasteiger partial charge in [-0.2, -0.15) is 0 Å². The first-order valence-electron chi connectivity index (χ1n) is 5.92. The number of hydrogen-bond donors (Lipinski definition) is 0. The van der Waals surface area contributed by atoms with Gasteiger partial charge >= 0.3 is 0 Å². The summed E-state index contributed by atoms with van der Waals surface area (Å²) < 4.78 is 5.66. The Hall–Kier alpha value is -1.46. The molecule has 0 saturated heterocycles. The molecule has 0 atom stereocenters. The van der Waals surface area contributed by atoms with Crippen molar-refractivity contribution in [3.63, 3.8) is 0 Å². The van der Waals surface area contributed by atoms with E-state index in [1.807, 2.05) is 24.4 Å². The lowest BCUT2D eigenvalue weighted by molar-refractivity contribution is 0.271. The van der Waals surface area contributed by atoms with Gasteiger partial charge in [0.05, 0.1) is 11.4 Å². The summed E-state index contributed by atoms with van der Waals surface area (Å²) in [5.41, 5.74) is 1.13. The van der Waals surface area contributed by atoms with Gasteiger partial charge in [-0.1, -0.05) is 25.1 Å². The van der Waals surface area contributed by atoms with Gasteiger partial charge in [0.1, 0.15) is 0 Å². The summed E-state index contributed by atoms with van der Waals surface area (Å²) in [4.78, 5) is 3.23. The quantitative estimate of drug-likeness (QED) is 0.751. The Bertz CT molecular complexity index is 504. The first kappa shape index (κ1) is 13.0. The van der Waals surface area contributed by atoms with Crippen molar-refractivity contribution in [2.45, 2.75) is 20.4 Å². The first-order valence-corrected chi connectivity index (χ1v) is 6.80. The molecule has 0 aliphatic rings. The summed E-state index contributed by atoms with van der Waals surface area (Å²) in [6.45, 7) is 10.5. The van der Waals surface area contributed by atoms with Crippen LogP contribution in [0.4, 0.5) is 0 Å². The molecule has 2 aromatic rings. The van der Waals surface area contributed by atoms with Crippen molar-refractivity contribution < 1.29 is 4.42 Å². The third-order valence-corrected chi connectivity index (χ3v) is 3.36. The normalized spacial score (nSPS) is 11.1. The van der Waals surface area contributed by atoms with Gasteiger partial charge in [-0.3, -0.25) is 4.90 Å². The van der Waals surface area contributed by atoms with Crippen LogP contribution < -0.4 is 0 Å². The first-order chi connectivity index (χ1) is 8.69. The fourth-order valence-electron chi connectivity index (χ4n) is 1.67. The highest BCUT2D eigenvalue weighted by Gasteiger charge is 2.12. The molecule has 0 bridgehead atoms. The molecular formula is C13H17N3OS. The van der Waals surface area contributed by atoms with Crippen LogP contribution in [0.2, 0.25) is 0 Å². The van der Waals surface area contributed by atoms with E-state index in [1.54, 1.807) is 11.3 Å². The molecule has 18 heavy (non-hydrogen) atoms. The number of thiophene rings is 1. The van der Waals surface area contributed by atoms with Gasteiger partial charge in [0, 0.05) is 6.54 Å². The lowest BCUT2D eigenvalue weighted by Gasteiger charge is -2.17. The predicted molar refractivity (Wildman–Crippen MR) is 73.4 cm³/mol. The third-order valence-electron chi connectivity index (χ3n) is 2.50. The van der Waals surface area contributed by atoms with Crippen molar-refractivity contribution in [1.29, 1.82) is 0 Å². The van der Waals surface area contributed by atoms with E-state index in [9.17, 15) is 0 Å². The Morgan fingerprint density at radius 2 is 2.33 bits per heavy atom. The molecule has 0 aromatic carbocycles. The summed E-state index contributed by atoms with van der Waals surface area (Å²) in [6.07, 6.45) is 0. The van der Waals surface area contributed by atoms with Crippen molar-refractivity contribution in [2.75, 3.05) is 13.1 Å². The zero-order chi connectivity index (χ0) is 13.0. The van der Waals surface area contributed by atoms with E-state index in [0.29, 0.717) is 18.3 Å². The zero-order valence-corrected chi connectivity index (χ0v) is 11.5. The number of hydrogen-bond acceptors (Lipinski definition) is 5. The van der Waals surface area contributed by atoms with E-state index >= 15 is 0 Å². The minimum atomic E-state index is 0.603. The monoisotopic (exact) mass is 263 g/mol. The molecule has 0 fully saturated rings. The second-order valence-electron chi connectivity index (χ2n) is 4.24. The highest BCUT2D eigenvalue weighted by atomic mass is 32.1. The minimum absolute atomic E-state index is 0.603. The lowest BCUT2D eigenvalue weighted by Crippen LogP contribution is -2.24. The van der Waals surface area contributed by atoms with Crippen molar-refractivity contribution >= 4 is 11.3 Å². The minimum Gasteiger partial charge on any atom is -0.419 e. The van der Waals surface area contributed by atoms with Crippen molar-refractivity contribution in [1.82, 2.24) is 15.1 Å². The average molecular weight is 263 g/mol. The Balaban J connectivity index is 2.04. The summed E-state index contributed by atoms with van der Waals surface area (Å²) in [5, 5.41) is 10.2. The molecule has 0 spiro atoms. The fraction of sp³-hybridized carbons (Fsp3) is 0.385. The maximum Gasteiger partial charge on any atom is 0.257 e. The van der Waals surface area contributed by atoms with E-state index in [4.69, 9.17) is 4.42 Å². The van der Waals surface area contributed by atoms with Crippen LogP contribution in [0.25, 0.3) is 10.8 Å². The number of aromatic nitrogens is 2. The number of nitrogens with zero attached hydrogens (tertiary/aromatic N) is 3. The van der Waals surface area contributed by atoms with Crippen LogP contribution in [0.3, 0.4) is 0 Å². The Labute approximate surface area is 111 Å². The van der Waals surface area contributed by atoms with Crippen molar-refractivity contribution in [2.24, 2.45) is 0 Å². The molecule has 0 radical (unpaired) electrons. The van der Waals surface area contributed by atoms with Gasteiger partial charge in [-0.15, -0.1) is 21.5 Å².